The molecule has 2 aromatic rings. The van der Waals surface area contributed by atoms with Gasteiger partial charge in [-0.15, -0.1) is 0 Å². The van der Waals surface area contributed by atoms with Crippen molar-refractivity contribution in [2.75, 3.05) is 19.0 Å². The van der Waals surface area contributed by atoms with Crippen LogP contribution in [-0.4, -0.2) is 25.3 Å². The molecule has 1 heterocycles. The lowest BCUT2D eigenvalue weighted by molar-refractivity contribution is -0.134. The maximum absolute atomic E-state index is 11.5. The fraction of sp³-hybridized carbons (Fsp3) is 0.111. The highest BCUT2D eigenvalue weighted by atomic mass is 35.5. The molecule has 4 nitrogen and oxygen atoms in total. The van der Waals surface area contributed by atoms with E-state index in [0.717, 1.165) is 22.5 Å². The Morgan fingerprint density at radius 3 is 2.75 bits per heavy atom. The normalized spacial score (nSPS) is 15.1. The van der Waals surface area contributed by atoms with Crippen LogP contribution in [0.4, 0.5) is 5.69 Å². The molecule has 0 aliphatic carbocycles. The van der Waals surface area contributed by atoms with Gasteiger partial charge < -0.3 is 10.1 Å². The number of benzodiazepines with no additional fused rings is 1. The van der Waals surface area contributed by atoms with Crippen molar-refractivity contribution in [1.82, 2.24) is 0 Å². The zero-order valence-electron chi connectivity index (χ0n) is 12.8. The summed E-state index contributed by atoms with van der Waals surface area (Å²) in [6.45, 7) is 0.294. The van der Waals surface area contributed by atoms with Gasteiger partial charge in [0.2, 0.25) is 0 Å². The number of methoxy groups -OCH3 is 1. The van der Waals surface area contributed by atoms with Gasteiger partial charge in [-0.05, 0) is 24.3 Å². The second kappa shape index (κ2) is 7.07. The van der Waals surface area contributed by atoms with Crippen molar-refractivity contribution < 1.29 is 9.53 Å². The number of hydrogen-bond donors (Lipinski definition) is 1. The van der Waals surface area contributed by atoms with Crippen LogP contribution in [0.2, 0.25) is 10.0 Å². The molecule has 0 aromatic heterocycles. The number of nitrogens with one attached hydrogen (secondary N) is 1. The Bertz CT molecular complexity index is 860. The smallest absolute Gasteiger partial charge is 0.332 e. The van der Waals surface area contributed by atoms with Gasteiger partial charge in [0.05, 0.1) is 19.4 Å². The van der Waals surface area contributed by atoms with E-state index < -0.39 is 5.97 Å². The first-order valence-electron chi connectivity index (χ1n) is 7.23. The van der Waals surface area contributed by atoms with Crippen LogP contribution in [-0.2, 0) is 9.53 Å². The number of aliphatic imine (C=N–C) groups is 1. The summed E-state index contributed by atoms with van der Waals surface area (Å²) in [6, 6.07) is 12.9. The highest BCUT2D eigenvalue weighted by molar-refractivity contribution is 6.36. The number of benzene rings is 2. The quantitative estimate of drug-likeness (QED) is 0.641. The van der Waals surface area contributed by atoms with Crippen molar-refractivity contribution in [3.05, 3.63) is 75.4 Å². The van der Waals surface area contributed by atoms with E-state index in [1.807, 2.05) is 36.4 Å². The van der Waals surface area contributed by atoms with E-state index in [1.165, 1.54) is 13.2 Å². The summed E-state index contributed by atoms with van der Waals surface area (Å²) in [5, 5.41) is 4.41. The van der Waals surface area contributed by atoms with Gasteiger partial charge in [0.1, 0.15) is 0 Å². The molecule has 1 aliphatic rings. The maximum Gasteiger partial charge on any atom is 0.332 e. The van der Waals surface area contributed by atoms with Crippen molar-refractivity contribution in [3.8, 4) is 0 Å². The molecule has 1 N–H and O–H groups in total. The summed E-state index contributed by atoms with van der Waals surface area (Å²) in [5.41, 5.74) is 3.78. The van der Waals surface area contributed by atoms with Gasteiger partial charge in [-0.25, -0.2) is 4.79 Å². The highest BCUT2D eigenvalue weighted by Gasteiger charge is 2.19. The second-order valence-corrected chi connectivity index (χ2v) is 6.00. The number of anilines is 1. The molecule has 0 fully saturated rings. The molecule has 122 valence electrons. The summed E-state index contributed by atoms with van der Waals surface area (Å²) in [6.07, 6.45) is 1.39. The van der Waals surface area contributed by atoms with Crippen LogP contribution in [0.5, 0.6) is 0 Å². The third-order valence-corrected chi connectivity index (χ3v) is 4.13. The van der Waals surface area contributed by atoms with Crippen LogP contribution in [0.15, 0.2) is 59.2 Å². The molecule has 0 saturated heterocycles. The number of carbonyl (C=O) groups is 1. The van der Waals surface area contributed by atoms with Gasteiger partial charge in [-0.1, -0.05) is 41.4 Å². The Morgan fingerprint density at radius 2 is 2.00 bits per heavy atom. The van der Waals surface area contributed by atoms with Crippen LogP contribution in [0, 0.1) is 0 Å². The predicted molar refractivity (Wildman–Crippen MR) is 97.1 cm³/mol. The molecule has 0 saturated carbocycles. The van der Waals surface area contributed by atoms with E-state index in [2.05, 4.69) is 15.0 Å². The van der Waals surface area contributed by atoms with Crippen LogP contribution in [0.1, 0.15) is 11.1 Å². The topological polar surface area (TPSA) is 50.7 Å². The Morgan fingerprint density at radius 1 is 1.21 bits per heavy atom. The zero-order chi connectivity index (χ0) is 17.1. The van der Waals surface area contributed by atoms with Gasteiger partial charge in [-0.2, -0.15) is 0 Å². The third kappa shape index (κ3) is 3.45. The largest absolute Gasteiger partial charge is 0.466 e. The van der Waals surface area contributed by atoms with Gasteiger partial charge in [0.15, 0.2) is 0 Å². The van der Waals surface area contributed by atoms with Crippen molar-refractivity contribution in [1.29, 1.82) is 0 Å². The average Bonchev–Trinajstić information content (AvgIpc) is 2.74. The lowest BCUT2D eigenvalue weighted by Gasteiger charge is -2.12. The summed E-state index contributed by atoms with van der Waals surface area (Å²) in [5.74, 6) is -0.440. The first-order valence-corrected chi connectivity index (χ1v) is 7.99. The number of fused-ring (bicyclic) bond motifs is 1. The molecular formula is C18H14Cl2N2O2. The van der Waals surface area contributed by atoms with Crippen LogP contribution in [0.25, 0.3) is 0 Å². The molecular weight excluding hydrogens is 347 g/mol. The van der Waals surface area contributed by atoms with E-state index >= 15 is 0 Å². The summed E-state index contributed by atoms with van der Waals surface area (Å²) >= 11 is 12.5. The zero-order valence-corrected chi connectivity index (χ0v) is 14.4. The number of carbonyl (C=O) groups excluding carboxylic acids is 1. The third-order valence-electron chi connectivity index (χ3n) is 3.56. The predicted octanol–water partition coefficient (Wildman–Crippen LogP) is 4.31. The van der Waals surface area contributed by atoms with Crippen molar-refractivity contribution in [3.63, 3.8) is 0 Å². The van der Waals surface area contributed by atoms with Crippen molar-refractivity contribution in [2.24, 2.45) is 4.99 Å². The van der Waals surface area contributed by atoms with E-state index in [0.29, 0.717) is 22.3 Å². The summed E-state index contributed by atoms with van der Waals surface area (Å²) in [4.78, 5) is 16.2. The first kappa shape index (κ1) is 16.6. The molecule has 24 heavy (non-hydrogen) atoms. The molecule has 2 aromatic carbocycles. The Labute approximate surface area is 149 Å². The molecule has 0 atom stereocenters. The number of esters is 1. The average molecular weight is 361 g/mol. The van der Waals surface area contributed by atoms with Gasteiger partial charge in [-0.3, -0.25) is 4.99 Å². The van der Waals surface area contributed by atoms with E-state index in [1.54, 1.807) is 6.07 Å². The molecule has 6 heteroatoms. The maximum atomic E-state index is 11.5. The SMILES string of the molecule is COC(=O)/C=C1/CN=C(c2ccccc2Cl)c2cc(Cl)ccc2N1. The molecule has 0 spiro atoms. The van der Waals surface area contributed by atoms with Crippen molar-refractivity contribution >= 4 is 40.6 Å². The van der Waals surface area contributed by atoms with Crippen LogP contribution < -0.4 is 5.32 Å². The molecule has 0 bridgehead atoms. The van der Waals surface area contributed by atoms with E-state index in [-0.39, 0.29) is 0 Å². The Kier molecular flexibility index (Phi) is 4.88. The minimum atomic E-state index is -0.440. The van der Waals surface area contributed by atoms with Gasteiger partial charge >= 0.3 is 5.97 Å². The number of halogens is 2. The Hall–Kier alpha value is -2.30. The standard InChI is InChI=1S/C18H14Cl2N2O2/c1-24-17(23)9-12-10-21-18(13-4-2-3-5-15(13)20)14-8-11(19)6-7-16(14)22-12/h2-9,22H,10H2,1H3/b12-9-. The molecule has 0 amide bonds. The van der Waals surface area contributed by atoms with Gasteiger partial charge in [0, 0.05) is 38.6 Å². The minimum Gasteiger partial charge on any atom is -0.466 e. The highest BCUT2D eigenvalue weighted by Crippen LogP contribution is 2.30. The monoisotopic (exact) mass is 360 g/mol. The summed E-state index contributed by atoms with van der Waals surface area (Å²) in [7, 11) is 1.34. The molecule has 3 rings (SSSR count). The number of ether oxygens (including phenoxy) is 1. The molecule has 0 radical (unpaired) electrons. The van der Waals surface area contributed by atoms with Gasteiger partial charge in [0.25, 0.3) is 0 Å². The summed E-state index contributed by atoms with van der Waals surface area (Å²) < 4.78 is 4.69. The Balaban J connectivity index is 2.15. The van der Waals surface area contributed by atoms with Crippen molar-refractivity contribution in [2.45, 2.75) is 0 Å². The molecule has 1 aliphatic heterocycles. The number of rotatable bonds is 2. The lowest BCUT2D eigenvalue weighted by atomic mass is 10.0. The number of nitrogens with zero attached hydrogens (tertiary/aromatic N) is 1. The van der Waals surface area contributed by atoms with Crippen LogP contribution >= 0.6 is 23.2 Å². The first-order chi connectivity index (χ1) is 11.6. The van der Waals surface area contributed by atoms with E-state index in [4.69, 9.17) is 23.2 Å². The molecule has 0 unspecified atom stereocenters. The number of hydrogen-bond acceptors (Lipinski definition) is 4. The van der Waals surface area contributed by atoms with Crippen LogP contribution in [0.3, 0.4) is 0 Å². The fourth-order valence-electron chi connectivity index (χ4n) is 2.45. The fourth-order valence-corrected chi connectivity index (χ4v) is 2.85. The second-order valence-electron chi connectivity index (χ2n) is 5.15. The van der Waals surface area contributed by atoms with E-state index in [9.17, 15) is 4.79 Å². The lowest BCUT2D eigenvalue weighted by Crippen LogP contribution is -2.07. The minimum absolute atomic E-state index is 0.294.